The summed E-state index contributed by atoms with van der Waals surface area (Å²) in [6.07, 6.45) is 1.70. The summed E-state index contributed by atoms with van der Waals surface area (Å²) in [5.74, 6) is -3.42. The Morgan fingerprint density at radius 2 is 1.62 bits per heavy atom. The second-order valence-corrected chi connectivity index (χ2v) is 9.55. The Morgan fingerprint density at radius 1 is 0.946 bits per heavy atom. The molecule has 3 aromatic carbocycles. The number of anilines is 1. The average molecular weight is 499 g/mol. The van der Waals surface area contributed by atoms with Crippen LogP contribution in [-0.4, -0.2) is 29.5 Å². The summed E-state index contributed by atoms with van der Waals surface area (Å²) in [5, 5.41) is 13.9. The molecule has 5 rings (SSSR count). The fourth-order valence-corrected chi connectivity index (χ4v) is 5.61. The van der Waals surface area contributed by atoms with Gasteiger partial charge in [0, 0.05) is 6.04 Å². The topological polar surface area (TPSA) is 95.9 Å². The molecule has 37 heavy (non-hydrogen) atoms. The van der Waals surface area contributed by atoms with Crippen molar-refractivity contribution < 1.29 is 24.2 Å². The van der Waals surface area contributed by atoms with E-state index in [9.17, 15) is 19.5 Å². The maximum absolute atomic E-state index is 14.0. The van der Waals surface area contributed by atoms with Gasteiger partial charge in [-0.05, 0) is 53.8 Å². The standard InChI is InChI=1S/C30H30N2O5/c1-3-18-37-23-16-12-20(13-17-23)26-24-25(30(31-26,29(35)36)21-8-6-5-7-9-21)28(34)32(27(24)33)22-14-10-19(4-2)11-15-22/h5-17,24-26,31H,3-4,18H2,1-2H3,(H,35,36). The SMILES string of the molecule is CCCOc1ccc(C2NC(C(=O)O)(c3ccccc3)C3C(=O)N(c4ccc(CC)cc4)C(=O)C23)cc1. The Hall–Kier alpha value is -3.97. The highest BCUT2D eigenvalue weighted by molar-refractivity contribution is 6.24. The lowest BCUT2D eigenvalue weighted by molar-refractivity contribution is -0.149. The fourth-order valence-electron chi connectivity index (χ4n) is 5.61. The number of hydrogen-bond donors (Lipinski definition) is 2. The lowest BCUT2D eigenvalue weighted by Gasteiger charge is -2.31. The van der Waals surface area contributed by atoms with Crippen LogP contribution >= 0.6 is 0 Å². The number of nitrogens with zero attached hydrogens (tertiary/aromatic N) is 1. The molecule has 190 valence electrons. The molecule has 2 fully saturated rings. The highest BCUT2D eigenvalue weighted by Crippen LogP contribution is 2.53. The quantitative estimate of drug-likeness (QED) is 0.445. The smallest absolute Gasteiger partial charge is 0.329 e. The zero-order valence-corrected chi connectivity index (χ0v) is 20.9. The lowest BCUT2D eigenvalue weighted by atomic mass is 9.75. The van der Waals surface area contributed by atoms with Gasteiger partial charge >= 0.3 is 5.97 Å². The Bertz CT molecular complexity index is 1310. The third-order valence-electron chi connectivity index (χ3n) is 7.44. The van der Waals surface area contributed by atoms with Gasteiger partial charge in [-0.15, -0.1) is 0 Å². The van der Waals surface area contributed by atoms with E-state index in [-0.39, 0.29) is 0 Å². The van der Waals surface area contributed by atoms with Crippen LogP contribution in [0.25, 0.3) is 0 Å². The summed E-state index contributed by atoms with van der Waals surface area (Å²) in [7, 11) is 0. The molecule has 4 unspecified atom stereocenters. The van der Waals surface area contributed by atoms with Crippen LogP contribution in [0.15, 0.2) is 78.9 Å². The molecule has 2 amide bonds. The van der Waals surface area contributed by atoms with Crippen molar-refractivity contribution in [2.45, 2.75) is 38.3 Å². The van der Waals surface area contributed by atoms with Crippen molar-refractivity contribution in [1.82, 2.24) is 5.32 Å². The van der Waals surface area contributed by atoms with Gasteiger partial charge in [0.2, 0.25) is 11.8 Å². The number of carbonyl (C=O) groups excluding carboxylic acids is 2. The zero-order chi connectivity index (χ0) is 26.2. The van der Waals surface area contributed by atoms with Gasteiger partial charge in [0.25, 0.3) is 0 Å². The molecule has 7 nitrogen and oxygen atoms in total. The van der Waals surface area contributed by atoms with Crippen LogP contribution in [0.2, 0.25) is 0 Å². The van der Waals surface area contributed by atoms with Crippen LogP contribution < -0.4 is 15.0 Å². The summed E-state index contributed by atoms with van der Waals surface area (Å²) >= 11 is 0. The molecule has 0 spiro atoms. The van der Waals surface area contributed by atoms with E-state index < -0.39 is 41.2 Å². The number of fused-ring (bicyclic) bond motifs is 1. The van der Waals surface area contributed by atoms with Gasteiger partial charge in [-0.3, -0.25) is 14.9 Å². The van der Waals surface area contributed by atoms with Crippen LogP contribution in [0, 0.1) is 11.8 Å². The molecule has 7 heteroatoms. The van der Waals surface area contributed by atoms with E-state index in [2.05, 4.69) is 5.32 Å². The Kier molecular flexibility index (Phi) is 6.56. The van der Waals surface area contributed by atoms with Gasteiger partial charge in [-0.2, -0.15) is 0 Å². The minimum atomic E-state index is -1.77. The van der Waals surface area contributed by atoms with Crippen molar-refractivity contribution in [3.8, 4) is 5.75 Å². The number of carboxylic acid groups (broad SMARTS) is 1. The molecule has 2 N–H and O–H groups in total. The molecule has 2 aliphatic rings. The number of rotatable bonds is 8. The van der Waals surface area contributed by atoms with Crippen LogP contribution in [0.1, 0.15) is 43.0 Å². The molecule has 0 aliphatic carbocycles. The van der Waals surface area contributed by atoms with Crippen molar-refractivity contribution in [3.63, 3.8) is 0 Å². The molecule has 0 radical (unpaired) electrons. The predicted molar refractivity (Wildman–Crippen MR) is 139 cm³/mol. The van der Waals surface area contributed by atoms with Crippen molar-refractivity contribution >= 4 is 23.5 Å². The number of carbonyl (C=O) groups is 3. The van der Waals surface area contributed by atoms with E-state index in [1.54, 1.807) is 42.5 Å². The first-order valence-electron chi connectivity index (χ1n) is 12.7. The summed E-state index contributed by atoms with van der Waals surface area (Å²) in [5.41, 5.74) is 0.932. The number of amides is 2. The van der Waals surface area contributed by atoms with Gasteiger partial charge < -0.3 is 9.84 Å². The number of ether oxygens (including phenoxy) is 1. The molecule has 2 aliphatic heterocycles. The molecule has 2 saturated heterocycles. The number of imide groups is 1. The van der Waals surface area contributed by atoms with E-state index in [1.165, 1.54) is 4.90 Å². The van der Waals surface area contributed by atoms with Gasteiger partial charge in [0.1, 0.15) is 5.75 Å². The molecular formula is C30H30N2O5. The van der Waals surface area contributed by atoms with Gasteiger partial charge in [-0.1, -0.05) is 68.4 Å². The molecule has 0 saturated carbocycles. The number of carboxylic acids is 1. The van der Waals surface area contributed by atoms with Gasteiger partial charge in [0.15, 0.2) is 5.54 Å². The highest BCUT2D eigenvalue weighted by atomic mass is 16.5. The maximum atomic E-state index is 14.0. The first kappa shape index (κ1) is 24.7. The number of nitrogens with one attached hydrogen (secondary N) is 1. The number of benzene rings is 3. The van der Waals surface area contributed by atoms with Gasteiger partial charge in [-0.25, -0.2) is 9.69 Å². The Morgan fingerprint density at radius 3 is 2.22 bits per heavy atom. The molecule has 4 atom stereocenters. The first-order chi connectivity index (χ1) is 17.9. The van der Waals surface area contributed by atoms with Crippen molar-refractivity contribution in [2.24, 2.45) is 11.8 Å². The molecule has 3 aromatic rings. The average Bonchev–Trinajstić information content (AvgIpc) is 3.42. The third kappa shape index (κ3) is 4.00. The molecule has 0 bridgehead atoms. The van der Waals surface area contributed by atoms with Gasteiger partial charge in [0.05, 0.1) is 24.1 Å². The second-order valence-electron chi connectivity index (χ2n) is 9.55. The van der Waals surface area contributed by atoms with Crippen LogP contribution in [0.4, 0.5) is 5.69 Å². The summed E-state index contributed by atoms with van der Waals surface area (Å²) < 4.78 is 5.70. The predicted octanol–water partition coefficient (Wildman–Crippen LogP) is 4.47. The Balaban J connectivity index is 1.62. The largest absolute Gasteiger partial charge is 0.494 e. The summed E-state index contributed by atoms with van der Waals surface area (Å²) in [6.45, 7) is 4.64. The molecular weight excluding hydrogens is 468 g/mol. The minimum absolute atomic E-state index is 0.401. The van der Waals surface area contributed by atoms with E-state index >= 15 is 0 Å². The fraction of sp³-hybridized carbons (Fsp3) is 0.300. The molecule has 2 heterocycles. The van der Waals surface area contributed by atoms with Crippen molar-refractivity contribution in [2.75, 3.05) is 11.5 Å². The monoisotopic (exact) mass is 498 g/mol. The van der Waals surface area contributed by atoms with Crippen molar-refractivity contribution in [3.05, 3.63) is 95.6 Å². The first-order valence-corrected chi connectivity index (χ1v) is 12.7. The lowest BCUT2D eigenvalue weighted by Crippen LogP contribution is -2.53. The summed E-state index contributed by atoms with van der Waals surface area (Å²) in [6, 6.07) is 22.5. The minimum Gasteiger partial charge on any atom is -0.494 e. The maximum Gasteiger partial charge on any atom is 0.329 e. The number of aliphatic carboxylic acids is 1. The van der Waals surface area contributed by atoms with Crippen LogP contribution in [0.3, 0.4) is 0 Å². The van der Waals surface area contributed by atoms with Crippen molar-refractivity contribution in [1.29, 1.82) is 0 Å². The molecule has 0 aromatic heterocycles. The summed E-state index contributed by atoms with van der Waals surface area (Å²) in [4.78, 5) is 42.1. The van der Waals surface area contributed by atoms with E-state index in [1.807, 2.05) is 50.2 Å². The van der Waals surface area contributed by atoms with E-state index in [0.29, 0.717) is 23.6 Å². The zero-order valence-electron chi connectivity index (χ0n) is 20.9. The third-order valence-corrected chi connectivity index (χ3v) is 7.44. The van der Waals surface area contributed by atoms with Crippen LogP contribution in [-0.2, 0) is 26.3 Å². The van der Waals surface area contributed by atoms with E-state index in [0.717, 1.165) is 24.0 Å². The highest BCUT2D eigenvalue weighted by Gasteiger charge is 2.69. The van der Waals surface area contributed by atoms with Crippen LogP contribution in [0.5, 0.6) is 5.75 Å². The number of hydrogen-bond acceptors (Lipinski definition) is 5. The second kappa shape index (κ2) is 9.82. The number of aryl methyl sites for hydroxylation is 1. The Labute approximate surface area is 216 Å². The van der Waals surface area contributed by atoms with E-state index in [4.69, 9.17) is 4.74 Å². The normalized spacial score (nSPS) is 24.8.